The lowest BCUT2D eigenvalue weighted by atomic mass is 10.2. The number of aliphatic hydroxyl groups is 1. The van der Waals surface area contributed by atoms with Gasteiger partial charge in [-0.15, -0.1) is 11.3 Å². The quantitative estimate of drug-likeness (QED) is 0.847. The van der Waals surface area contributed by atoms with Crippen LogP contribution in [0.25, 0.3) is 0 Å². The van der Waals surface area contributed by atoms with Crippen LogP contribution < -0.4 is 5.32 Å². The van der Waals surface area contributed by atoms with Gasteiger partial charge in [-0.25, -0.2) is 0 Å². The Bertz CT molecular complexity index is 619. The van der Waals surface area contributed by atoms with Crippen molar-refractivity contribution < 1.29 is 14.3 Å². The van der Waals surface area contributed by atoms with Crippen molar-refractivity contribution in [1.29, 1.82) is 0 Å². The number of rotatable bonds is 4. The maximum Gasteiger partial charge on any atom is 0.261 e. The van der Waals surface area contributed by atoms with Gasteiger partial charge in [0.05, 0.1) is 16.0 Å². The van der Waals surface area contributed by atoms with Gasteiger partial charge in [0.2, 0.25) is 0 Å². The second kappa shape index (κ2) is 6.94. The molecule has 0 saturated carbocycles. The lowest BCUT2D eigenvalue weighted by molar-refractivity contribution is 0.0943. The van der Waals surface area contributed by atoms with Crippen molar-refractivity contribution in [2.45, 2.75) is 19.4 Å². The van der Waals surface area contributed by atoms with E-state index in [9.17, 15) is 4.79 Å². The molecule has 5 heteroatoms. The first-order chi connectivity index (χ1) is 9.69. The van der Waals surface area contributed by atoms with Gasteiger partial charge in [-0.1, -0.05) is 11.8 Å². The molecule has 0 saturated heterocycles. The molecule has 0 aliphatic carbocycles. The minimum Gasteiger partial charge on any atom is -0.469 e. The topological polar surface area (TPSA) is 62.5 Å². The van der Waals surface area contributed by atoms with Crippen LogP contribution in [-0.4, -0.2) is 23.7 Å². The summed E-state index contributed by atoms with van der Waals surface area (Å²) in [6.45, 7) is 1.75. The summed E-state index contributed by atoms with van der Waals surface area (Å²) in [4.78, 5) is 13.4. The molecule has 0 radical (unpaired) electrons. The third-order valence-electron chi connectivity index (χ3n) is 2.59. The largest absolute Gasteiger partial charge is 0.469 e. The van der Waals surface area contributed by atoms with Gasteiger partial charge >= 0.3 is 0 Å². The molecule has 20 heavy (non-hydrogen) atoms. The van der Waals surface area contributed by atoms with Crippen LogP contribution in [0.5, 0.6) is 0 Å². The van der Waals surface area contributed by atoms with Crippen molar-refractivity contribution >= 4 is 17.2 Å². The lowest BCUT2D eigenvalue weighted by Crippen LogP contribution is -2.33. The van der Waals surface area contributed by atoms with Crippen LogP contribution in [0, 0.1) is 11.8 Å². The molecule has 0 spiro atoms. The van der Waals surface area contributed by atoms with Gasteiger partial charge in [0, 0.05) is 12.5 Å². The molecule has 0 aliphatic heterocycles. The van der Waals surface area contributed by atoms with E-state index >= 15 is 0 Å². The Morgan fingerprint density at radius 2 is 2.35 bits per heavy atom. The van der Waals surface area contributed by atoms with E-state index in [1.165, 1.54) is 11.3 Å². The highest BCUT2D eigenvalue weighted by molar-refractivity contribution is 7.14. The summed E-state index contributed by atoms with van der Waals surface area (Å²) in [5.41, 5.74) is 0. The molecule has 1 unspecified atom stereocenters. The summed E-state index contributed by atoms with van der Waals surface area (Å²) in [6.07, 6.45) is 2.27. The molecule has 0 aromatic carbocycles. The monoisotopic (exact) mass is 289 g/mol. The SMILES string of the molecule is CC(Cc1ccco1)NC(=O)c1ccc(C#CCO)s1. The van der Waals surface area contributed by atoms with E-state index in [1.54, 1.807) is 18.4 Å². The number of amides is 1. The Morgan fingerprint density at radius 1 is 1.50 bits per heavy atom. The Morgan fingerprint density at radius 3 is 3.05 bits per heavy atom. The maximum absolute atomic E-state index is 12.0. The van der Waals surface area contributed by atoms with E-state index in [2.05, 4.69) is 17.2 Å². The molecule has 2 heterocycles. The van der Waals surface area contributed by atoms with Gasteiger partial charge in [0.25, 0.3) is 5.91 Å². The Hall–Kier alpha value is -2.03. The molecule has 104 valence electrons. The van der Waals surface area contributed by atoms with Gasteiger partial charge in [0.15, 0.2) is 0 Å². The Balaban J connectivity index is 1.92. The zero-order valence-corrected chi connectivity index (χ0v) is 11.9. The summed E-state index contributed by atoms with van der Waals surface area (Å²) in [5, 5.41) is 11.5. The van der Waals surface area contributed by atoms with Crippen molar-refractivity contribution in [2.75, 3.05) is 6.61 Å². The molecular formula is C15H15NO3S. The number of nitrogens with one attached hydrogen (secondary N) is 1. The zero-order chi connectivity index (χ0) is 14.4. The lowest BCUT2D eigenvalue weighted by Gasteiger charge is -2.11. The number of hydrogen-bond acceptors (Lipinski definition) is 4. The van der Waals surface area contributed by atoms with Gasteiger partial charge in [-0.3, -0.25) is 4.79 Å². The second-order valence-corrected chi connectivity index (χ2v) is 5.37. The molecule has 2 aromatic rings. The highest BCUT2D eigenvalue weighted by atomic mass is 32.1. The Kier molecular flexibility index (Phi) is 4.99. The fourth-order valence-corrected chi connectivity index (χ4v) is 2.51. The third-order valence-corrected chi connectivity index (χ3v) is 3.58. The number of furan rings is 1. The van der Waals surface area contributed by atoms with Crippen molar-refractivity contribution in [3.63, 3.8) is 0 Å². The average Bonchev–Trinajstić information content (AvgIpc) is 3.07. The predicted octanol–water partition coefficient (Wildman–Crippen LogP) is 2.05. The fraction of sp³-hybridized carbons (Fsp3) is 0.267. The van der Waals surface area contributed by atoms with E-state index in [-0.39, 0.29) is 18.6 Å². The van der Waals surface area contributed by atoms with E-state index in [1.807, 2.05) is 19.1 Å². The molecule has 0 bridgehead atoms. The molecule has 1 atom stereocenters. The number of aliphatic hydroxyl groups excluding tert-OH is 1. The van der Waals surface area contributed by atoms with Gasteiger partial charge in [-0.2, -0.15) is 0 Å². The zero-order valence-electron chi connectivity index (χ0n) is 11.1. The van der Waals surface area contributed by atoms with Gasteiger partial charge < -0.3 is 14.8 Å². The number of carbonyl (C=O) groups excluding carboxylic acids is 1. The summed E-state index contributed by atoms with van der Waals surface area (Å²) < 4.78 is 5.25. The van der Waals surface area contributed by atoms with Crippen molar-refractivity contribution in [3.8, 4) is 11.8 Å². The standard InChI is InChI=1S/C15H15NO3S/c1-11(10-12-4-3-9-19-12)16-15(18)14-7-6-13(20-14)5-2-8-17/h3-4,6-7,9,11,17H,8,10H2,1H3,(H,16,18). The van der Waals surface area contributed by atoms with Crippen molar-refractivity contribution in [1.82, 2.24) is 5.32 Å². The molecule has 1 amide bonds. The highest BCUT2D eigenvalue weighted by Crippen LogP contribution is 2.15. The van der Waals surface area contributed by atoms with Crippen LogP contribution in [0.3, 0.4) is 0 Å². The first-order valence-electron chi connectivity index (χ1n) is 6.22. The Labute approximate surface area is 121 Å². The first-order valence-corrected chi connectivity index (χ1v) is 7.03. The van der Waals surface area contributed by atoms with Crippen molar-refractivity contribution in [2.24, 2.45) is 0 Å². The smallest absolute Gasteiger partial charge is 0.261 e. The van der Waals surface area contributed by atoms with E-state index in [4.69, 9.17) is 9.52 Å². The summed E-state index contributed by atoms with van der Waals surface area (Å²) >= 11 is 1.31. The number of carbonyl (C=O) groups is 1. The van der Waals surface area contributed by atoms with E-state index < -0.39 is 0 Å². The molecule has 2 rings (SSSR count). The average molecular weight is 289 g/mol. The minimum atomic E-state index is -0.181. The highest BCUT2D eigenvalue weighted by Gasteiger charge is 2.13. The molecule has 0 aliphatic rings. The van der Waals surface area contributed by atoms with Gasteiger partial charge in [-0.05, 0) is 31.2 Å². The van der Waals surface area contributed by atoms with Crippen molar-refractivity contribution in [3.05, 3.63) is 46.0 Å². The van der Waals surface area contributed by atoms with Crippen LogP contribution >= 0.6 is 11.3 Å². The maximum atomic E-state index is 12.0. The van der Waals surface area contributed by atoms with E-state index in [0.717, 1.165) is 10.6 Å². The fourth-order valence-electron chi connectivity index (χ4n) is 1.73. The van der Waals surface area contributed by atoms with Crippen LogP contribution in [-0.2, 0) is 6.42 Å². The molecule has 2 N–H and O–H groups in total. The molecule has 2 aromatic heterocycles. The van der Waals surface area contributed by atoms with Crippen LogP contribution in [0.4, 0.5) is 0 Å². The normalized spacial score (nSPS) is 11.5. The number of thiophene rings is 1. The van der Waals surface area contributed by atoms with E-state index in [0.29, 0.717) is 11.3 Å². The summed E-state index contributed by atoms with van der Waals surface area (Å²) in [7, 11) is 0. The molecular weight excluding hydrogens is 274 g/mol. The minimum absolute atomic E-state index is 0.0114. The first kappa shape index (κ1) is 14.4. The number of hydrogen-bond donors (Lipinski definition) is 2. The molecule has 4 nitrogen and oxygen atoms in total. The third kappa shape index (κ3) is 3.98. The molecule has 0 fully saturated rings. The van der Waals surface area contributed by atoms with Gasteiger partial charge in [0.1, 0.15) is 12.4 Å². The predicted molar refractivity (Wildman–Crippen MR) is 77.6 cm³/mol. The summed E-state index contributed by atoms with van der Waals surface area (Å²) in [5.74, 6) is 6.07. The van der Waals surface area contributed by atoms with Crippen LogP contribution in [0.15, 0.2) is 34.9 Å². The van der Waals surface area contributed by atoms with Crippen LogP contribution in [0.2, 0.25) is 0 Å². The van der Waals surface area contributed by atoms with Crippen LogP contribution in [0.1, 0.15) is 27.2 Å². The summed E-state index contributed by atoms with van der Waals surface area (Å²) in [6, 6.07) is 7.22. The second-order valence-electron chi connectivity index (χ2n) is 4.28.